The van der Waals surface area contributed by atoms with E-state index in [2.05, 4.69) is 5.32 Å². The highest BCUT2D eigenvalue weighted by molar-refractivity contribution is 6.04. The monoisotopic (exact) mass is 266 g/mol. The maximum absolute atomic E-state index is 12.1. The van der Waals surface area contributed by atoms with Crippen molar-refractivity contribution in [1.82, 2.24) is 0 Å². The van der Waals surface area contributed by atoms with Gasteiger partial charge in [0.1, 0.15) is 5.58 Å². The van der Waals surface area contributed by atoms with Gasteiger partial charge in [0.05, 0.1) is 0 Å². The topological polar surface area (TPSA) is 68.3 Å². The fourth-order valence-electron chi connectivity index (χ4n) is 2.01. The zero-order valence-corrected chi connectivity index (χ0v) is 10.8. The van der Waals surface area contributed by atoms with Gasteiger partial charge in [0.2, 0.25) is 0 Å². The minimum atomic E-state index is -0.262. The lowest BCUT2D eigenvalue weighted by atomic mass is 10.2. The predicted octanol–water partition coefficient (Wildman–Crippen LogP) is 3.14. The van der Waals surface area contributed by atoms with Crippen molar-refractivity contribution in [1.29, 1.82) is 0 Å². The Hall–Kier alpha value is -2.59. The summed E-state index contributed by atoms with van der Waals surface area (Å²) < 4.78 is 5.51. The summed E-state index contributed by atoms with van der Waals surface area (Å²) in [4.78, 5) is 12.1. The number of benzene rings is 2. The molecule has 100 valence electrons. The molecule has 0 saturated heterocycles. The van der Waals surface area contributed by atoms with Crippen LogP contribution in [0.2, 0.25) is 0 Å². The zero-order chi connectivity index (χ0) is 13.9. The number of furan rings is 1. The van der Waals surface area contributed by atoms with Gasteiger partial charge < -0.3 is 15.5 Å². The highest BCUT2D eigenvalue weighted by Gasteiger charge is 2.12. The van der Waals surface area contributed by atoms with Crippen LogP contribution in [0.3, 0.4) is 0 Å². The Morgan fingerprint density at radius 2 is 1.85 bits per heavy atom. The van der Waals surface area contributed by atoms with E-state index in [0.717, 1.165) is 10.9 Å². The van der Waals surface area contributed by atoms with Crippen molar-refractivity contribution in [2.75, 3.05) is 5.32 Å². The highest BCUT2D eigenvalue weighted by Crippen LogP contribution is 2.20. The Labute approximate surface area is 116 Å². The molecule has 0 aliphatic heterocycles. The number of para-hydroxylation sites is 1. The average molecular weight is 266 g/mol. The lowest BCUT2D eigenvalue weighted by Gasteiger charge is -2.03. The molecule has 3 aromatic rings. The van der Waals surface area contributed by atoms with Gasteiger partial charge >= 0.3 is 0 Å². The summed E-state index contributed by atoms with van der Waals surface area (Å²) in [5.41, 5.74) is 7.97. The zero-order valence-electron chi connectivity index (χ0n) is 10.8. The van der Waals surface area contributed by atoms with Crippen LogP contribution in [0.25, 0.3) is 11.0 Å². The molecular formula is C16H14N2O2. The molecule has 0 aliphatic rings. The molecular weight excluding hydrogens is 252 g/mol. The quantitative estimate of drug-likeness (QED) is 0.765. The van der Waals surface area contributed by atoms with Gasteiger partial charge in [-0.05, 0) is 29.8 Å². The van der Waals surface area contributed by atoms with Crippen LogP contribution >= 0.6 is 0 Å². The third kappa shape index (κ3) is 2.41. The van der Waals surface area contributed by atoms with Gasteiger partial charge in [-0.3, -0.25) is 4.79 Å². The molecule has 0 radical (unpaired) electrons. The van der Waals surface area contributed by atoms with Gasteiger partial charge in [-0.1, -0.05) is 30.3 Å². The number of amides is 1. The molecule has 1 amide bonds. The molecule has 3 rings (SSSR count). The first-order valence-electron chi connectivity index (χ1n) is 6.35. The maximum atomic E-state index is 12.1. The van der Waals surface area contributed by atoms with E-state index in [1.165, 1.54) is 0 Å². The van der Waals surface area contributed by atoms with Crippen molar-refractivity contribution in [3.63, 3.8) is 0 Å². The lowest BCUT2D eigenvalue weighted by Crippen LogP contribution is -2.10. The van der Waals surface area contributed by atoms with Crippen LogP contribution in [0, 0.1) is 0 Å². The van der Waals surface area contributed by atoms with Crippen LogP contribution in [0.15, 0.2) is 59.0 Å². The van der Waals surface area contributed by atoms with E-state index in [1.807, 2.05) is 48.5 Å². The normalized spacial score (nSPS) is 10.7. The van der Waals surface area contributed by atoms with Gasteiger partial charge in [0.15, 0.2) is 5.76 Å². The van der Waals surface area contributed by atoms with E-state index in [9.17, 15) is 4.79 Å². The van der Waals surface area contributed by atoms with Gasteiger partial charge in [-0.15, -0.1) is 0 Å². The number of nitrogens with one attached hydrogen (secondary N) is 1. The second-order valence-corrected chi connectivity index (χ2v) is 4.50. The smallest absolute Gasteiger partial charge is 0.291 e. The number of rotatable bonds is 3. The van der Waals surface area contributed by atoms with Crippen LogP contribution in [0.4, 0.5) is 5.69 Å². The minimum absolute atomic E-state index is 0.262. The molecule has 0 aliphatic carbocycles. The molecule has 0 fully saturated rings. The Bertz CT molecular complexity index is 712. The number of fused-ring (bicyclic) bond motifs is 1. The first kappa shape index (κ1) is 12.4. The molecule has 1 aromatic heterocycles. The van der Waals surface area contributed by atoms with Crippen LogP contribution in [0.5, 0.6) is 0 Å². The van der Waals surface area contributed by atoms with Crippen molar-refractivity contribution < 1.29 is 9.21 Å². The molecule has 3 N–H and O–H groups in total. The minimum Gasteiger partial charge on any atom is -0.451 e. The number of hydrogen-bond donors (Lipinski definition) is 2. The van der Waals surface area contributed by atoms with Crippen LogP contribution in [-0.2, 0) is 6.54 Å². The first-order valence-corrected chi connectivity index (χ1v) is 6.35. The SMILES string of the molecule is NCc1ccc(NC(=O)c2cc3ccccc3o2)cc1. The van der Waals surface area contributed by atoms with Crippen molar-refractivity contribution in [2.24, 2.45) is 5.73 Å². The fraction of sp³-hybridized carbons (Fsp3) is 0.0625. The molecule has 0 saturated carbocycles. The summed E-state index contributed by atoms with van der Waals surface area (Å²) in [6.45, 7) is 0.484. The molecule has 0 unspecified atom stereocenters. The Morgan fingerprint density at radius 1 is 1.10 bits per heavy atom. The summed E-state index contributed by atoms with van der Waals surface area (Å²) in [6, 6.07) is 16.7. The molecule has 4 nitrogen and oxygen atoms in total. The largest absolute Gasteiger partial charge is 0.451 e. The molecule has 4 heteroatoms. The van der Waals surface area contributed by atoms with Gasteiger partial charge in [0, 0.05) is 17.6 Å². The van der Waals surface area contributed by atoms with Crippen molar-refractivity contribution in [2.45, 2.75) is 6.54 Å². The number of hydrogen-bond acceptors (Lipinski definition) is 3. The third-order valence-electron chi connectivity index (χ3n) is 3.10. The standard InChI is InChI=1S/C16H14N2O2/c17-10-11-5-7-13(8-6-11)18-16(19)15-9-12-3-1-2-4-14(12)20-15/h1-9H,10,17H2,(H,18,19). The average Bonchev–Trinajstić information content (AvgIpc) is 2.92. The van der Waals surface area contributed by atoms with Gasteiger partial charge in [-0.25, -0.2) is 0 Å². The summed E-state index contributed by atoms with van der Waals surface area (Å²) in [6.07, 6.45) is 0. The van der Waals surface area contributed by atoms with Crippen molar-refractivity contribution in [3.05, 3.63) is 65.9 Å². The van der Waals surface area contributed by atoms with Crippen molar-refractivity contribution >= 4 is 22.6 Å². The Morgan fingerprint density at radius 3 is 2.55 bits per heavy atom. The number of anilines is 1. The summed E-state index contributed by atoms with van der Waals surface area (Å²) in [7, 11) is 0. The number of nitrogens with two attached hydrogens (primary N) is 1. The molecule has 1 heterocycles. The molecule has 2 aromatic carbocycles. The highest BCUT2D eigenvalue weighted by atomic mass is 16.3. The summed E-state index contributed by atoms with van der Waals surface area (Å²) in [5, 5.41) is 3.71. The molecule has 20 heavy (non-hydrogen) atoms. The van der Waals surface area contributed by atoms with Gasteiger partial charge in [0.25, 0.3) is 5.91 Å². The van der Waals surface area contributed by atoms with E-state index in [-0.39, 0.29) is 5.91 Å². The lowest BCUT2D eigenvalue weighted by molar-refractivity contribution is 0.0998. The van der Waals surface area contributed by atoms with Crippen molar-refractivity contribution in [3.8, 4) is 0 Å². The molecule has 0 bridgehead atoms. The second kappa shape index (κ2) is 5.19. The second-order valence-electron chi connectivity index (χ2n) is 4.50. The van der Waals surface area contributed by atoms with E-state index in [0.29, 0.717) is 23.6 Å². The van der Waals surface area contributed by atoms with E-state index < -0.39 is 0 Å². The predicted molar refractivity (Wildman–Crippen MR) is 78.5 cm³/mol. The summed E-state index contributed by atoms with van der Waals surface area (Å²) in [5.74, 6) is 0.0378. The van der Waals surface area contributed by atoms with Crippen LogP contribution in [0.1, 0.15) is 16.1 Å². The van der Waals surface area contributed by atoms with E-state index >= 15 is 0 Å². The van der Waals surface area contributed by atoms with Crippen LogP contribution in [-0.4, -0.2) is 5.91 Å². The Kier molecular flexibility index (Phi) is 3.23. The molecule has 0 spiro atoms. The van der Waals surface area contributed by atoms with Gasteiger partial charge in [-0.2, -0.15) is 0 Å². The van der Waals surface area contributed by atoms with Crippen LogP contribution < -0.4 is 11.1 Å². The summed E-state index contributed by atoms with van der Waals surface area (Å²) >= 11 is 0. The maximum Gasteiger partial charge on any atom is 0.291 e. The fourth-order valence-corrected chi connectivity index (χ4v) is 2.01. The first-order chi connectivity index (χ1) is 9.76. The van der Waals surface area contributed by atoms with E-state index in [4.69, 9.17) is 10.2 Å². The number of carbonyl (C=O) groups is 1. The molecule has 0 atom stereocenters. The number of carbonyl (C=O) groups excluding carboxylic acids is 1. The third-order valence-corrected chi connectivity index (χ3v) is 3.10. The van der Waals surface area contributed by atoms with E-state index in [1.54, 1.807) is 6.07 Å². The Balaban J connectivity index is 1.81.